The number of allylic oxidation sites excluding steroid dienone is 1. The molecule has 0 saturated carbocycles. The van der Waals surface area contributed by atoms with E-state index in [0.717, 1.165) is 34.2 Å². The molecule has 1 atom stereocenters. The number of benzene rings is 1. The Morgan fingerprint density at radius 1 is 1.21 bits per heavy atom. The maximum absolute atomic E-state index is 10.6. The quantitative estimate of drug-likeness (QED) is 0.811. The van der Waals surface area contributed by atoms with E-state index in [0.29, 0.717) is 0 Å². The fraction of sp³-hybridized carbons (Fsp3) is 0.500. The van der Waals surface area contributed by atoms with Gasteiger partial charge < -0.3 is 9.84 Å². The molecule has 1 aliphatic rings. The molecule has 0 aromatic heterocycles. The first kappa shape index (κ1) is 14.6. The first-order chi connectivity index (χ1) is 9.22. The first-order valence-corrected chi connectivity index (χ1v) is 7.72. The molecule has 0 heterocycles. The zero-order chi connectivity index (χ0) is 13.7. The molecule has 3 heteroatoms. The normalized spacial score (nSPS) is 20.9. The molecule has 104 valence electrons. The van der Waals surface area contributed by atoms with Gasteiger partial charge in [-0.2, -0.15) is 0 Å². The Morgan fingerprint density at radius 3 is 2.79 bits per heavy atom. The van der Waals surface area contributed by atoms with E-state index in [-0.39, 0.29) is 0 Å². The third-order valence-electron chi connectivity index (χ3n) is 3.68. The van der Waals surface area contributed by atoms with Crippen LogP contribution in [-0.2, 0) is 0 Å². The molecule has 2 nitrogen and oxygen atoms in total. The monoisotopic (exact) mass is 324 g/mol. The Labute approximate surface area is 123 Å². The molecule has 1 aliphatic carbocycles. The lowest BCUT2D eigenvalue weighted by Gasteiger charge is -2.19. The van der Waals surface area contributed by atoms with Gasteiger partial charge in [0.25, 0.3) is 0 Å². The van der Waals surface area contributed by atoms with Crippen LogP contribution in [0.4, 0.5) is 0 Å². The van der Waals surface area contributed by atoms with Crippen LogP contribution >= 0.6 is 15.9 Å². The van der Waals surface area contributed by atoms with Crippen LogP contribution in [0.15, 0.2) is 34.3 Å². The van der Waals surface area contributed by atoms with Gasteiger partial charge in [0.2, 0.25) is 0 Å². The van der Waals surface area contributed by atoms with Gasteiger partial charge in [-0.15, -0.1) is 0 Å². The molecule has 0 aliphatic heterocycles. The zero-order valence-electron chi connectivity index (χ0n) is 11.4. The second kappa shape index (κ2) is 7.11. The van der Waals surface area contributed by atoms with E-state index in [2.05, 4.69) is 22.0 Å². The van der Waals surface area contributed by atoms with Crippen molar-refractivity contribution < 1.29 is 9.84 Å². The van der Waals surface area contributed by atoms with Gasteiger partial charge in [0.15, 0.2) is 0 Å². The maximum atomic E-state index is 10.6. The molecule has 0 amide bonds. The van der Waals surface area contributed by atoms with Crippen molar-refractivity contribution in [2.45, 2.75) is 44.6 Å². The third kappa shape index (κ3) is 3.83. The lowest BCUT2D eigenvalue weighted by molar-refractivity contribution is 0.208. The SMILES string of the molecule is COc1ccc(Br)c(C(O)/C2=C/CCCCCC2)c1. The molecule has 0 spiro atoms. The molecule has 19 heavy (non-hydrogen) atoms. The number of aliphatic hydroxyl groups excluding tert-OH is 1. The third-order valence-corrected chi connectivity index (χ3v) is 4.40. The summed E-state index contributed by atoms with van der Waals surface area (Å²) in [5, 5.41) is 10.6. The van der Waals surface area contributed by atoms with Crippen molar-refractivity contribution in [1.29, 1.82) is 0 Å². The van der Waals surface area contributed by atoms with E-state index in [1.807, 2.05) is 18.2 Å². The summed E-state index contributed by atoms with van der Waals surface area (Å²) in [6.45, 7) is 0. The molecule has 0 radical (unpaired) electrons. The Bertz CT molecular complexity index is 454. The molecule has 0 bridgehead atoms. The van der Waals surface area contributed by atoms with Crippen LogP contribution in [0.5, 0.6) is 5.75 Å². The lowest BCUT2D eigenvalue weighted by atomic mass is 9.93. The molecule has 1 aromatic rings. The van der Waals surface area contributed by atoms with Crippen molar-refractivity contribution in [2.24, 2.45) is 0 Å². The first-order valence-electron chi connectivity index (χ1n) is 6.93. The topological polar surface area (TPSA) is 29.5 Å². The standard InChI is InChI=1S/C16H21BrO2/c1-19-13-9-10-15(17)14(11-13)16(18)12-7-5-3-2-4-6-8-12/h7,9-11,16,18H,2-6,8H2,1H3/b12-7+. The summed E-state index contributed by atoms with van der Waals surface area (Å²) in [7, 11) is 1.65. The highest BCUT2D eigenvalue weighted by Crippen LogP contribution is 2.34. The minimum atomic E-state index is -0.525. The van der Waals surface area contributed by atoms with Crippen molar-refractivity contribution in [3.8, 4) is 5.75 Å². The minimum Gasteiger partial charge on any atom is -0.497 e. The lowest BCUT2D eigenvalue weighted by Crippen LogP contribution is -2.05. The molecule has 1 unspecified atom stereocenters. The van der Waals surface area contributed by atoms with Crippen LogP contribution in [0.1, 0.15) is 50.2 Å². The largest absolute Gasteiger partial charge is 0.497 e. The predicted octanol–water partition coefficient (Wildman–Crippen LogP) is 4.77. The highest BCUT2D eigenvalue weighted by atomic mass is 79.9. The van der Waals surface area contributed by atoms with E-state index in [1.54, 1.807) is 7.11 Å². The number of hydrogen-bond acceptors (Lipinski definition) is 2. The number of methoxy groups -OCH3 is 1. The van der Waals surface area contributed by atoms with E-state index in [9.17, 15) is 5.11 Å². The molecule has 0 saturated heterocycles. The number of hydrogen-bond donors (Lipinski definition) is 1. The Morgan fingerprint density at radius 2 is 2.00 bits per heavy atom. The average molecular weight is 325 g/mol. The smallest absolute Gasteiger partial charge is 0.119 e. The van der Waals surface area contributed by atoms with Crippen molar-refractivity contribution >= 4 is 15.9 Å². The minimum absolute atomic E-state index is 0.525. The molecular weight excluding hydrogens is 304 g/mol. The van der Waals surface area contributed by atoms with Crippen molar-refractivity contribution in [3.05, 3.63) is 39.9 Å². The van der Waals surface area contributed by atoms with Gasteiger partial charge in [0.05, 0.1) is 7.11 Å². The van der Waals surface area contributed by atoms with Crippen molar-refractivity contribution in [1.82, 2.24) is 0 Å². The van der Waals surface area contributed by atoms with Crippen LogP contribution in [-0.4, -0.2) is 12.2 Å². The molecule has 2 rings (SSSR count). The van der Waals surface area contributed by atoms with Crippen LogP contribution in [0, 0.1) is 0 Å². The van der Waals surface area contributed by atoms with Gasteiger partial charge in [-0.1, -0.05) is 34.8 Å². The molecule has 0 fully saturated rings. The van der Waals surface area contributed by atoms with Crippen molar-refractivity contribution in [2.75, 3.05) is 7.11 Å². The van der Waals surface area contributed by atoms with Gasteiger partial charge in [-0.25, -0.2) is 0 Å². The second-order valence-electron chi connectivity index (χ2n) is 5.02. The van der Waals surface area contributed by atoms with E-state index < -0.39 is 6.10 Å². The summed E-state index contributed by atoms with van der Waals surface area (Å²) in [6.07, 6.45) is 8.74. The maximum Gasteiger partial charge on any atom is 0.119 e. The summed E-state index contributed by atoms with van der Waals surface area (Å²) in [4.78, 5) is 0. The average Bonchev–Trinajstić information content (AvgIpc) is 2.38. The number of rotatable bonds is 3. The van der Waals surface area contributed by atoms with Gasteiger partial charge in [-0.3, -0.25) is 0 Å². The van der Waals surface area contributed by atoms with Gasteiger partial charge >= 0.3 is 0 Å². The van der Waals surface area contributed by atoms with E-state index in [1.165, 1.54) is 25.7 Å². The van der Waals surface area contributed by atoms with Crippen LogP contribution in [0.3, 0.4) is 0 Å². The predicted molar refractivity (Wildman–Crippen MR) is 81.4 cm³/mol. The van der Waals surface area contributed by atoms with Crippen LogP contribution in [0.25, 0.3) is 0 Å². The van der Waals surface area contributed by atoms with Gasteiger partial charge in [-0.05, 0) is 49.5 Å². The summed E-state index contributed by atoms with van der Waals surface area (Å²) in [6, 6.07) is 5.74. The second-order valence-corrected chi connectivity index (χ2v) is 5.88. The molecular formula is C16H21BrO2. The summed E-state index contributed by atoms with van der Waals surface area (Å²) >= 11 is 3.52. The number of aliphatic hydroxyl groups is 1. The molecule has 1 N–H and O–H groups in total. The number of ether oxygens (including phenoxy) is 1. The van der Waals surface area contributed by atoms with Crippen LogP contribution < -0.4 is 4.74 Å². The van der Waals surface area contributed by atoms with Crippen LogP contribution in [0.2, 0.25) is 0 Å². The Kier molecular flexibility index (Phi) is 5.46. The fourth-order valence-electron chi connectivity index (χ4n) is 2.52. The van der Waals surface area contributed by atoms with E-state index >= 15 is 0 Å². The highest BCUT2D eigenvalue weighted by Gasteiger charge is 2.17. The summed E-state index contributed by atoms with van der Waals surface area (Å²) in [5.74, 6) is 0.781. The molecule has 1 aromatic carbocycles. The fourth-order valence-corrected chi connectivity index (χ4v) is 2.99. The Balaban J connectivity index is 2.24. The zero-order valence-corrected chi connectivity index (χ0v) is 12.9. The van der Waals surface area contributed by atoms with Crippen molar-refractivity contribution in [3.63, 3.8) is 0 Å². The van der Waals surface area contributed by atoms with Gasteiger partial charge in [0, 0.05) is 10.0 Å². The highest BCUT2D eigenvalue weighted by molar-refractivity contribution is 9.10. The Hall–Kier alpha value is -0.800. The number of halogens is 1. The van der Waals surface area contributed by atoms with Gasteiger partial charge in [0.1, 0.15) is 11.9 Å². The van der Waals surface area contributed by atoms with E-state index in [4.69, 9.17) is 4.74 Å². The summed E-state index contributed by atoms with van der Waals surface area (Å²) < 4.78 is 6.17. The summed E-state index contributed by atoms with van der Waals surface area (Å²) in [5.41, 5.74) is 2.04.